The summed E-state index contributed by atoms with van der Waals surface area (Å²) in [5.41, 5.74) is 1.11. The zero-order valence-electron chi connectivity index (χ0n) is 14.1. The number of carbonyl (C=O) groups excluding carboxylic acids is 1. The molecule has 0 amide bonds. The highest BCUT2D eigenvalue weighted by Crippen LogP contribution is 2.33. The first-order valence-corrected chi connectivity index (χ1v) is 8.25. The van der Waals surface area contributed by atoms with E-state index in [-0.39, 0.29) is 12.6 Å². The molecule has 3 aromatic rings. The van der Waals surface area contributed by atoms with E-state index >= 15 is 0 Å². The van der Waals surface area contributed by atoms with Gasteiger partial charge in [-0.25, -0.2) is 4.79 Å². The van der Waals surface area contributed by atoms with Crippen molar-refractivity contribution in [2.45, 2.75) is 13.5 Å². The lowest BCUT2D eigenvalue weighted by Crippen LogP contribution is -2.14. The van der Waals surface area contributed by atoms with Crippen LogP contribution in [-0.4, -0.2) is 19.2 Å². The molecule has 0 heterocycles. The Morgan fingerprint density at radius 2 is 1.40 bits per heavy atom. The zero-order valence-corrected chi connectivity index (χ0v) is 14.1. The van der Waals surface area contributed by atoms with Crippen LogP contribution in [0.15, 0.2) is 66.7 Å². The zero-order chi connectivity index (χ0) is 17.5. The van der Waals surface area contributed by atoms with Crippen LogP contribution in [0.2, 0.25) is 0 Å². The van der Waals surface area contributed by atoms with E-state index in [1.165, 1.54) is 0 Å². The minimum atomic E-state index is -0.379. The summed E-state index contributed by atoms with van der Waals surface area (Å²) < 4.78 is 16.5. The number of fused-ring (bicyclic) bond motifs is 1. The second-order valence-corrected chi connectivity index (χ2v) is 5.48. The van der Waals surface area contributed by atoms with E-state index in [9.17, 15) is 4.79 Å². The van der Waals surface area contributed by atoms with Crippen LogP contribution in [-0.2, 0) is 16.1 Å². The Labute approximate surface area is 146 Å². The minimum Gasteiger partial charge on any atom is -0.488 e. The topological polar surface area (TPSA) is 44.8 Å². The van der Waals surface area contributed by atoms with Crippen molar-refractivity contribution >= 4 is 16.7 Å². The second kappa shape index (κ2) is 8.20. The molecule has 0 spiro atoms. The van der Waals surface area contributed by atoms with Gasteiger partial charge < -0.3 is 14.2 Å². The van der Waals surface area contributed by atoms with Crippen LogP contribution in [0.3, 0.4) is 0 Å². The van der Waals surface area contributed by atoms with Crippen molar-refractivity contribution in [3.63, 3.8) is 0 Å². The molecular weight excluding hydrogens is 316 g/mol. The number of carbonyl (C=O) groups is 1. The Morgan fingerprint density at radius 3 is 2.04 bits per heavy atom. The fourth-order valence-corrected chi connectivity index (χ4v) is 2.57. The summed E-state index contributed by atoms with van der Waals surface area (Å²) in [5, 5.41) is 1.84. The van der Waals surface area contributed by atoms with Gasteiger partial charge in [0.05, 0.1) is 6.61 Å². The van der Waals surface area contributed by atoms with Crippen LogP contribution in [0.1, 0.15) is 12.5 Å². The number of benzene rings is 3. The van der Waals surface area contributed by atoms with E-state index in [4.69, 9.17) is 14.2 Å². The van der Waals surface area contributed by atoms with Gasteiger partial charge in [0.15, 0.2) is 6.61 Å². The van der Waals surface area contributed by atoms with Crippen LogP contribution in [0, 0.1) is 0 Å². The van der Waals surface area contributed by atoms with Gasteiger partial charge in [0.25, 0.3) is 0 Å². The maximum Gasteiger partial charge on any atom is 0.344 e. The summed E-state index contributed by atoms with van der Waals surface area (Å²) in [6.07, 6.45) is 0. The quantitative estimate of drug-likeness (QED) is 0.601. The second-order valence-electron chi connectivity index (χ2n) is 5.48. The fourth-order valence-electron chi connectivity index (χ4n) is 2.57. The molecule has 3 rings (SSSR count). The molecular formula is C21H20O4. The van der Waals surface area contributed by atoms with Crippen LogP contribution in [0.25, 0.3) is 10.8 Å². The van der Waals surface area contributed by atoms with Crippen molar-refractivity contribution in [2.75, 3.05) is 13.2 Å². The van der Waals surface area contributed by atoms with Crippen LogP contribution < -0.4 is 9.47 Å². The molecule has 0 fully saturated rings. The molecule has 25 heavy (non-hydrogen) atoms. The monoisotopic (exact) mass is 336 g/mol. The van der Waals surface area contributed by atoms with Gasteiger partial charge in [0.2, 0.25) is 0 Å². The van der Waals surface area contributed by atoms with Crippen molar-refractivity contribution in [1.29, 1.82) is 0 Å². The SMILES string of the molecule is CCOC(=O)COc1ccc(OCc2ccccc2)c2ccccc12. The summed E-state index contributed by atoms with van der Waals surface area (Å²) in [7, 11) is 0. The Kier molecular flexibility index (Phi) is 5.52. The normalized spacial score (nSPS) is 10.4. The van der Waals surface area contributed by atoms with E-state index < -0.39 is 0 Å². The predicted octanol–water partition coefficient (Wildman–Crippen LogP) is 4.36. The maximum atomic E-state index is 11.5. The van der Waals surface area contributed by atoms with Crippen molar-refractivity contribution in [3.05, 3.63) is 72.3 Å². The van der Waals surface area contributed by atoms with Gasteiger partial charge in [-0.3, -0.25) is 0 Å². The summed E-state index contributed by atoms with van der Waals surface area (Å²) in [6, 6.07) is 21.5. The molecule has 0 radical (unpaired) electrons. The van der Waals surface area contributed by atoms with Crippen molar-refractivity contribution in [2.24, 2.45) is 0 Å². The maximum absolute atomic E-state index is 11.5. The third-order valence-electron chi connectivity index (χ3n) is 3.73. The van der Waals surface area contributed by atoms with Gasteiger partial charge in [-0.2, -0.15) is 0 Å². The van der Waals surface area contributed by atoms with E-state index in [2.05, 4.69) is 0 Å². The highest BCUT2D eigenvalue weighted by atomic mass is 16.6. The van der Waals surface area contributed by atoms with Gasteiger partial charge >= 0.3 is 5.97 Å². The van der Waals surface area contributed by atoms with Gasteiger partial charge in [0, 0.05) is 10.8 Å². The summed E-state index contributed by atoms with van der Waals surface area (Å²) >= 11 is 0. The molecule has 0 saturated carbocycles. The summed E-state index contributed by atoms with van der Waals surface area (Å²) in [5.74, 6) is 1.04. The summed E-state index contributed by atoms with van der Waals surface area (Å²) in [4.78, 5) is 11.5. The van der Waals surface area contributed by atoms with E-state index in [1.54, 1.807) is 6.92 Å². The van der Waals surface area contributed by atoms with Crippen LogP contribution in [0.5, 0.6) is 11.5 Å². The van der Waals surface area contributed by atoms with Crippen molar-refractivity contribution in [3.8, 4) is 11.5 Å². The van der Waals surface area contributed by atoms with Crippen LogP contribution in [0.4, 0.5) is 0 Å². The molecule has 0 aromatic heterocycles. The average Bonchev–Trinajstić information content (AvgIpc) is 2.66. The third kappa shape index (κ3) is 4.29. The summed E-state index contributed by atoms with van der Waals surface area (Å²) in [6.45, 7) is 2.50. The number of hydrogen-bond donors (Lipinski definition) is 0. The van der Waals surface area contributed by atoms with Crippen LogP contribution >= 0.6 is 0 Å². The Bertz CT molecular complexity index is 843. The first-order valence-electron chi connectivity index (χ1n) is 8.25. The van der Waals surface area contributed by atoms with Gasteiger partial charge in [-0.15, -0.1) is 0 Å². The number of esters is 1. The highest BCUT2D eigenvalue weighted by molar-refractivity contribution is 5.93. The predicted molar refractivity (Wildman–Crippen MR) is 96.9 cm³/mol. The van der Waals surface area contributed by atoms with Gasteiger partial charge in [-0.05, 0) is 24.6 Å². The lowest BCUT2D eigenvalue weighted by Gasteiger charge is -2.13. The lowest BCUT2D eigenvalue weighted by atomic mass is 10.1. The first kappa shape index (κ1) is 16.8. The molecule has 0 unspecified atom stereocenters. The molecule has 0 N–H and O–H groups in total. The van der Waals surface area contributed by atoms with Gasteiger partial charge in [-0.1, -0.05) is 54.6 Å². The molecule has 0 bridgehead atoms. The highest BCUT2D eigenvalue weighted by Gasteiger charge is 2.10. The molecule has 0 saturated heterocycles. The first-order chi connectivity index (χ1) is 12.3. The molecule has 4 nitrogen and oxygen atoms in total. The Morgan fingerprint density at radius 1 is 0.800 bits per heavy atom. The van der Waals surface area contributed by atoms with Crippen molar-refractivity contribution in [1.82, 2.24) is 0 Å². The average molecular weight is 336 g/mol. The van der Waals surface area contributed by atoms with E-state index in [1.807, 2.05) is 66.7 Å². The molecule has 128 valence electrons. The third-order valence-corrected chi connectivity index (χ3v) is 3.73. The standard InChI is InChI=1S/C21H20O4/c1-2-23-21(22)15-25-20-13-12-19(17-10-6-7-11-18(17)20)24-14-16-8-4-3-5-9-16/h3-13H,2,14-15H2,1H3. The minimum absolute atomic E-state index is 0.109. The molecule has 0 aliphatic heterocycles. The van der Waals surface area contributed by atoms with E-state index in [0.29, 0.717) is 19.0 Å². The largest absolute Gasteiger partial charge is 0.488 e. The molecule has 3 aromatic carbocycles. The van der Waals surface area contributed by atoms with E-state index in [0.717, 1.165) is 22.1 Å². The number of rotatable bonds is 7. The smallest absolute Gasteiger partial charge is 0.344 e. The molecule has 0 aliphatic rings. The number of hydrogen-bond acceptors (Lipinski definition) is 4. The Hall–Kier alpha value is -3.01. The number of ether oxygens (including phenoxy) is 3. The fraction of sp³-hybridized carbons (Fsp3) is 0.190. The lowest BCUT2D eigenvalue weighted by molar-refractivity contribution is -0.145. The molecule has 0 atom stereocenters. The molecule has 4 heteroatoms. The Balaban J connectivity index is 1.79. The molecule has 0 aliphatic carbocycles. The van der Waals surface area contributed by atoms with Gasteiger partial charge in [0.1, 0.15) is 18.1 Å². The van der Waals surface area contributed by atoms with Crippen molar-refractivity contribution < 1.29 is 19.0 Å².